The van der Waals surface area contributed by atoms with Gasteiger partial charge >= 0.3 is 6.09 Å². The van der Waals surface area contributed by atoms with Crippen LogP contribution in [0.25, 0.3) is 0 Å². The van der Waals surface area contributed by atoms with Gasteiger partial charge in [-0.3, -0.25) is 4.79 Å². The molecule has 0 saturated carbocycles. The summed E-state index contributed by atoms with van der Waals surface area (Å²) in [5.41, 5.74) is -0.756. The Morgan fingerprint density at radius 1 is 0.970 bits per heavy atom. The molecule has 0 aromatic heterocycles. The number of nitrogens with zero attached hydrogens (tertiary/aromatic N) is 1. The lowest BCUT2D eigenvalue weighted by molar-refractivity contribution is -0.134. The molecular weight excluding hydrogens is 434 g/mol. The Morgan fingerprint density at radius 3 is 1.88 bits per heavy atom. The van der Waals surface area contributed by atoms with E-state index in [4.69, 9.17) is 9.16 Å². The van der Waals surface area contributed by atoms with Crippen molar-refractivity contribution in [2.45, 2.75) is 70.7 Å². The number of imide groups is 1. The smallest absolute Gasteiger partial charge is 0.417 e. The van der Waals surface area contributed by atoms with Crippen molar-refractivity contribution >= 4 is 30.7 Å². The normalized spacial score (nSPS) is 19.6. The molecule has 33 heavy (non-hydrogen) atoms. The Balaban J connectivity index is 2.00. The van der Waals surface area contributed by atoms with E-state index in [1.807, 2.05) is 36.4 Å². The number of aliphatic hydroxyl groups excluding tert-OH is 1. The Bertz CT molecular complexity index is 926. The fourth-order valence-electron chi connectivity index (χ4n) is 4.48. The zero-order valence-corrected chi connectivity index (χ0v) is 21.4. The Morgan fingerprint density at radius 2 is 1.45 bits per heavy atom. The molecule has 2 amide bonds. The van der Waals surface area contributed by atoms with Crippen LogP contribution in [0.1, 0.15) is 48.0 Å². The number of benzene rings is 2. The molecule has 1 aliphatic rings. The fourth-order valence-corrected chi connectivity index (χ4v) is 9.08. The molecule has 0 unspecified atom stereocenters. The van der Waals surface area contributed by atoms with Gasteiger partial charge in [-0.2, -0.15) is 0 Å². The zero-order chi connectivity index (χ0) is 24.4. The number of rotatable bonds is 5. The van der Waals surface area contributed by atoms with Gasteiger partial charge in [0.25, 0.3) is 14.2 Å². The van der Waals surface area contributed by atoms with Crippen molar-refractivity contribution in [3.63, 3.8) is 0 Å². The third-order valence-electron chi connectivity index (χ3n) is 5.88. The Labute approximate surface area is 197 Å². The monoisotopic (exact) mass is 469 g/mol. The number of hydrogen-bond donors (Lipinski definition) is 1. The van der Waals surface area contributed by atoms with Crippen molar-refractivity contribution in [2.24, 2.45) is 0 Å². The third kappa shape index (κ3) is 5.21. The van der Waals surface area contributed by atoms with E-state index in [2.05, 4.69) is 45.0 Å². The summed E-state index contributed by atoms with van der Waals surface area (Å²) >= 11 is 0. The van der Waals surface area contributed by atoms with Gasteiger partial charge in [-0.25, -0.2) is 9.69 Å². The second kappa shape index (κ2) is 9.41. The van der Waals surface area contributed by atoms with E-state index in [0.29, 0.717) is 0 Å². The number of hydrogen-bond acceptors (Lipinski definition) is 5. The molecule has 1 aliphatic heterocycles. The molecule has 2 aromatic rings. The van der Waals surface area contributed by atoms with E-state index >= 15 is 0 Å². The minimum absolute atomic E-state index is 0.120. The van der Waals surface area contributed by atoms with Crippen LogP contribution in [0.15, 0.2) is 60.7 Å². The van der Waals surface area contributed by atoms with Gasteiger partial charge in [0.05, 0.1) is 12.6 Å². The molecule has 178 valence electrons. The first-order valence-electron chi connectivity index (χ1n) is 11.4. The van der Waals surface area contributed by atoms with Crippen LogP contribution in [0.4, 0.5) is 4.79 Å². The molecule has 6 nitrogen and oxygen atoms in total. The van der Waals surface area contributed by atoms with Crippen LogP contribution >= 0.6 is 0 Å². The quantitative estimate of drug-likeness (QED) is 0.679. The van der Waals surface area contributed by atoms with Crippen LogP contribution in [-0.4, -0.2) is 54.7 Å². The Hall–Kier alpha value is -2.48. The third-order valence-corrected chi connectivity index (χ3v) is 10.9. The van der Waals surface area contributed by atoms with Gasteiger partial charge in [0.15, 0.2) is 0 Å². The molecule has 3 rings (SSSR count). The highest BCUT2D eigenvalue weighted by Gasteiger charge is 2.52. The summed E-state index contributed by atoms with van der Waals surface area (Å²) in [6.45, 7) is 11.9. The first kappa shape index (κ1) is 25.1. The van der Waals surface area contributed by atoms with Gasteiger partial charge in [0, 0.05) is 6.42 Å². The second-order valence-corrected chi connectivity index (χ2v) is 14.9. The molecule has 2 atom stereocenters. The summed E-state index contributed by atoms with van der Waals surface area (Å²) < 4.78 is 12.3. The molecule has 7 heteroatoms. The lowest BCUT2D eigenvalue weighted by Crippen LogP contribution is -2.67. The average molecular weight is 470 g/mol. The van der Waals surface area contributed by atoms with Crippen molar-refractivity contribution in [2.75, 3.05) is 6.61 Å². The summed E-state index contributed by atoms with van der Waals surface area (Å²) in [6.07, 6.45) is -1.87. The van der Waals surface area contributed by atoms with Crippen LogP contribution < -0.4 is 10.4 Å². The maximum absolute atomic E-state index is 12.8. The molecule has 0 radical (unpaired) electrons. The van der Waals surface area contributed by atoms with Gasteiger partial charge in [0.2, 0.25) is 0 Å². The van der Waals surface area contributed by atoms with E-state index < -0.39 is 38.1 Å². The van der Waals surface area contributed by atoms with Crippen LogP contribution in [-0.2, 0) is 14.0 Å². The zero-order valence-electron chi connectivity index (χ0n) is 20.4. The van der Waals surface area contributed by atoms with E-state index in [1.165, 1.54) is 0 Å². The second-order valence-electron chi connectivity index (χ2n) is 10.6. The maximum Gasteiger partial charge on any atom is 0.417 e. The van der Waals surface area contributed by atoms with Crippen molar-refractivity contribution in [1.29, 1.82) is 0 Å². The SMILES string of the molecule is CC(C)(C)OC(=O)N1C(=O)[C@@H](O)C[C@@H]1CO[Si](c1ccccc1)(c1ccccc1)C(C)(C)C. The topological polar surface area (TPSA) is 76.1 Å². The Kier molecular flexibility index (Phi) is 7.17. The molecule has 1 fully saturated rings. The maximum atomic E-state index is 12.8. The highest BCUT2D eigenvalue weighted by atomic mass is 28.4. The molecule has 1 saturated heterocycles. The lowest BCUT2D eigenvalue weighted by atomic mass is 10.2. The minimum Gasteiger partial charge on any atom is -0.443 e. The largest absolute Gasteiger partial charge is 0.443 e. The van der Waals surface area contributed by atoms with E-state index in [0.717, 1.165) is 15.3 Å². The van der Waals surface area contributed by atoms with Crippen molar-refractivity contribution in [3.8, 4) is 0 Å². The minimum atomic E-state index is -2.84. The molecule has 0 aliphatic carbocycles. The van der Waals surface area contributed by atoms with E-state index in [-0.39, 0.29) is 18.1 Å². The van der Waals surface area contributed by atoms with E-state index in [1.54, 1.807) is 20.8 Å². The highest BCUT2D eigenvalue weighted by molar-refractivity contribution is 6.99. The summed E-state index contributed by atoms with van der Waals surface area (Å²) in [5.74, 6) is -0.639. The number of likely N-dealkylation sites (tertiary alicyclic amines) is 1. The number of amides is 2. The van der Waals surface area contributed by atoms with Crippen molar-refractivity contribution in [3.05, 3.63) is 60.7 Å². The van der Waals surface area contributed by atoms with Crippen LogP contribution in [0.5, 0.6) is 0 Å². The number of carbonyl (C=O) groups is 2. The summed E-state index contributed by atoms with van der Waals surface area (Å²) in [5, 5.41) is 12.2. The standard InChI is InChI=1S/C26H35NO5Si/c1-25(2,3)32-24(30)27-19(17-22(28)23(27)29)18-31-33(26(4,5)6,20-13-9-7-10-14-20)21-15-11-8-12-16-21/h7-16,19,22,28H,17-18H2,1-6H3/t19-,22+/m1/s1. The van der Waals surface area contributed by atoms with Gasteiger partial charge in [0.1, 0.15) is 11.7 Å². The predicted molar refractivity (Wildman–Crippen MR) is 131 cm³/mol. The van der Waals surface area contributed by atoms with Gasteiger partial charge in [-0.1, -0.05) is 81.4 Å². The van der Waals surface area contributed by atoms with Gasteiger partial charge in [-0.15, -0.1) is 0 Å². The van der Waals surface area contributed by atoms with Crippen LogP contribution in [0.3, 0.4) is 0 Å². The van der Waals surface area contributed by atoms with Gasteiger partial charge < -0.3 is 14.3 Å². The van der Waals surface area contributed by atoms with Crippen molar-refractivity contribution < 1.29 is 23.9 Å². The fraction of sp³-hybridized carbons (Fsp3) is 0.462. The first-order valence-corrected chi connectivity index (χ1v) is 13.3. The lowest BCUT2D eigenvalue weighted by Gasteiger charge is -2.43. The molecule has 0 spiro atoms. The molecular formula is C26H35NO5Si. The number of ether oxygens (including phenoxy) is 1. The first-order chi connectivity index (χ1) is 15.4. The average Bonchev–Trinajstić information content (AvgIpc) is 3.01. The molecule has 1 N–H and O–H groups in total. The van der Waals surface area contributed by atoms with E-state index in [9.17, 15) is 14.7 Å². The predicted octanol–water partition coefficient (Wildman–Crippen LogP) is 3.46. The van der Waals surface area contributed by atoms with Gasteiger partial charge in [-0.05, 0) is 36.2 Å². The number of carbonyl (C=O) groups excluding carboxylic acids is 2. The summed E-state index contributed by atoms with van der Waals surface area (Å²) in [6, 6.07) is 19.7. The highest BCUT2D eigenvalue weighted by Crippen LogP contribution is 2.37. The van der Waals surface area contributed by atoms with Crippen LogP contribution in [0, 0.1) is 0 Å². The molecule has 0 bridgehead atoms. The number of aliphatic hydroxyl groups is 1. The molecule has 1 heterocycles. The van der Waals surface area contributed by atoms with Crippen LogP contribution in [0.2, 0.25) is 5.04 Å². The van der Waals surface area contributed by atoms with Crippen molar-refractivity contribution in [1.82, 2.24) is 4.90 Å². The summed E-state index contributed by atoms with van der Waals surface area (Å²) in [7, 11) is -2.84. The molecule has 2 aromatic carbocycles. The summed E-state index contributed by atoms with van der Waals surface area (Å²) in [4.78, 5) is 26.5.